The first kappa shape index (κ1) is 18.1. The van der Waals surface area contributed by atoms with Gasteiger partial charge in [-0.1, -0.05) is 36.2 Å². The van der Waals surface area contributed by atoms with E-state index in [2.05, 4.69) is 5.32 Å². The second-order valence-corrected chi connectivity index (χ2v) is 5.86. The molecule has 2 aromatic carbocycles. The molecule has 0 unspecified atom stereocenters. The number of aryl methyl sites for hydroxylation is 1. The fourth-order valence-corrected chi connectivity index (χ4v) is 2.22. The molecule has 0 fully saturated rings. The summed E-state index contributed by atoms with van der Waals surface area (Å²) in [4.78, 5) is 12.2. The lowest BCUT2D eigenvalue weighted by Gasteiger charge is -2.17. The summed E-state index contributed by atoms with van der Waals surface area (Å²) in [6.45, 7) is 4.76. The van der Waals surface area contributed by atoms with Gasteiger partial charge in [-0.25, -0.2) is 0 Å². The van der Waals surface area contributed by atoms with Crippen molar-refractivity contribution in [1.29, 1.82) is 0 Å². The molecule has 5 heteroatoms. The van der Waals surface area contributed by atoms with Crippen LogP contribution in [-0.2, 0) is 4.79 Å². The Bertz CT molecular complexity index is 641. The Kier molecular flexibility index (Phi) is 6.94. The summed E-state index contributed by atoms with van der Waals surface area (Å²) in [6, 6.07) is 14.8. The van der Waals surface area contributed by atoms with Gasteiger partial charge >= 0.3 is 0 Å². The van der Waals surface area contributed by atoms with E-state index >= 15 is 0 Å². The van der Waals surface area contributed by atoms with Crippen LogP contribution in [-0.4, -0.2) is 25.2 Å². The van der Waals surface area contributed by atoms with Gasteiger partial charge in [0.2, 0.25) is 0 Å². The van der Waals surface area contributed by atoms with Crippen molar-refractivity contribution in [3.63, 3.8) is 0 Å². The summed E-state index contributed by atoms with van der Waals surface area (Å²) in [6.07, 6.45) is 0.0401. The topological polar surface area (TPSA) is 47.6 Å². The monoisotopic (exact) mass is 347 g/mol. The van der Waals surface area contributed by atoms with Crippen LogP contribution in [0.4, 0.5) is 0 Å². The van der Waals surface area contributed by atoms with Gasteiger partial charge in [0.15, 0.2) is 6.10 Å². The van der Waals surface area contributed by atoms with Gasteiger partial charge in [-0.05, 0) is 49.7 Å². The molecule has 128 valence electrons. The fraction of sp³-hybridized carbons (Fsp3) is 0.316. The molecular formula is C19H22ClNO3. The molecule has 24 heavy (non-hydrogen) atoms. The maximum atomic E-state index is 12.2. The molecule has 1 atom stereocenters. The maximum absolute atomic E-state index is 12.2. The molecule has 0 radical (unpaired) electrons. The SMILES string of the molecule is CC[C@@H](Oc1ccc(Cl)cc1)C(=O)NCCOc1ccc(C)cc1. The number of nitrogens with one attached hydrogen (secondary N) is 1. The van der Waals surface area contributed by atoms with Crippen molar-refractivity contribution in [2.24, 2.45) is 0 Å². The number of halogens is 1. The van der Waals surface area contributed by atoms with Gasteiger partial charge in [0, 0.05) is 5.02 Å². The summed E-state index contributed by atoms with van der Waals surface area (Å²) in [5.41, 5.74) is 1.18. The van der Waals surface area contributed by atoms with Crippen molar-refractivity contribution >= 4 is 17.5 Å². The second kappa shape index (κ2) is 9.18. The lowest BCUT2D eigenvalue weighted by Crippen LogP contribution is -2.39. The molecule has 1 N–H and O–H groups in total. The number of hydrogen-bond acceptors (Lipinski definition) is 3. The predicted octanol–water partition coefficient (Wildman–Crippen LogP) is 4.00. The third kappa shape index (κ3) is 5.78. The van der Waals surface area contributed by atoms with Crippen LogP contribution in [0.1, 0.15) is 18.9 Å². The molecular weight excluding hydrogens is 326 g/mol. The fourth-order valence-electron chi connectivity index (χ4n) is 2.09. The zero-order chi connectivity index (χ0) is 17.4. The Morgan fingerprint density at radius 3 is 2.33 bits per heavy atom. The van der Waals surface area contributed by atoms with Crippen LogP contribution < -0.4 is 14.8 Å². The molecule has 0 aliphatic rings. The molecule has 0 aliphatic carbocycles. The average Bonchev–Trinajstić information content (AvgIpc) is 2.59. The number of ether oxygens (including phenoxy) is 2. The third-order valence-electron chi connectivity index (χ3n) is 3.45. The normalized spacial score (nSPS) is 11.6. The highest BCUT2D eigenvalue weighted by molar-refractivity contribution is 6.30. The lowest BCUT2D eigenvalue weighted by atomic mass is 10.2. The minimum absolute atomic E-state index is 0.153. The molecule has 0 bridgehead atoms. The van der Waals surface area contributed by atoms with Crippen molar-refractivity contribution in [2.75, 3.05) is 13.2 Å². The van der Waals surface area contributed by atoms with Crippen molar-refractivity contribution in [3.8, 4) is 11.5 Å². The van der Waals surface area contributed by atoms with Gasteiger partial charge in [-0.3, -0.25) is 4.79 Å². The number of benzene rings is 2. The lowest BCUT2D eigenvalue weighted by molar-refractivity contribution is -0.128. The van der Waals surface area contributed by atoms with E-state index in [-0.39, 0.29) is 5.91 Å². The summed E-state index contributed by atoms with van der Waals surface area (Å²) >= 11 is 5.84. The van der Waals surface area contributed by atoms with E-state index < -0.39 is 6.10 Å². The Labute approximate surface area is 147 Å². The summed E-state index contributed by atoms with van der Waals surface area (Å²) in [5, 5.41) is 3.46. The van der Waals surface area contributed by atoms with E-state index in [1.165, 1.54) is 5.56 Å². The van der Waals surface area contributed by atoms with E-state index in [0.29, 0.717) is 30.3 Å². The van der Waals surface area contributed by atoms with Crippen LogP contribution in [0.3, 0.4) is 0 Å². The average molecular weight is 348 g/mol. The Morgan fingerprint density at radius 2 is 1.71 bits per heavy atom. The predicted molar refractivity (Wildman–Crippen MR) is 95.8 cm³/mol. The first-order valence-electron chi connectivity index (χ1n) is 7.98. The number of carbonyl (C=O) groups excluding carboxylic acids is 1. The van der Waals surface area contributed by atoms with Crippen LogP contribution in [0.2, 0.25) is 5.02 Å². The molecule has 4 nitrogen and oxygen atoms in total. The highest BCUT2D eigenvalue weighted by atomic mass is 35.5. The van der Waals surface area contributed by atoms with Gasteiger partial charge in [-0.2, -0.15) is 0 Å². The Balaban J connectivity index is 1.75. The number of amides is 1. The molecule has 0 spiro atoms. The highest BCUT2D eigenvalue weighted by Crippen LogP contribution is 2.17. The molecule has 0 saturated heterocycles. The zero-order valence-electron chi connectivity index (χ0n) is 13.9. The minimum Gasteiger partial charge on any atom is -0.492 e. The molecule has 0 heterocycles. The molecule has 2 aromatic rings. The Morgan fingerprint density at radius 1 is 1.08 bits per heavy atom. The van der Waals surface area contributed by atoms with Gasteiger partial charge in [0.1, 0.15) is 18.1 Å². The minimum atomic E-state index is -0.537. The second-order valence-electron chi connectivity index (χ2n) is 5.42. The number of carbonyl (C=O) groups is 1. The Hall–Kier alpha value is -2.20. The smallest absolute Gasteiger partial charge is 0.261 e. The summed E-state index contributed by atoms with van der Waals surface area (Å²) < 4.78 is 11.3. The van der Waals surface area contributed by atoms with Crippen LogP contribution in [0.15, 0.2) is 48.5 Å². The molecule has 0 saturated carbocycles. The van der Waals surface area contributed by atoms with Gasteiger partial charge in [0.25, 0.3) is 5.91 Å². The highest BCUT2D eigenvalue weighted by Gasteiger charge is 2.17. The van der Waals surface area contributed by atoms with Crippen molar-refractivity contribution < 1.29 is 14.3 Å². The first-order valence-corrected chi connectivity index (χ1v) is 8.35. The van der Waals surface area contributed by atoms with Gasteiger partial charge in [0.05, 0.1) is 6.54 Å². The molecule has 0 aliphatic heterocycles. The van der Waals surface area contributed by atoms with Crippen molar-refractivity contribution in [2.45, 2.75) is 26.4 Å². The van der Waals surface area contributed by atoms with Crippen LogP contribution >= 0.6 is 11.6 Å². The van der Waals surface area contributed by atoms with E-state index in [1.807, 2.05) is 38.1 Å². The third-order valence-corrected chi connectivity index (χ3v) is 3.70. The van der Waals surface area contributed by atoms with E-state index in [0.717, 1.165) is 5.75 Å². The summed E-state index contributed by atoms with van der Waals surface area (Å²) in [5.74, 6) is 1.26. The van der Waals surface area contributed by atoms with Crippen LogP contribution in [0.5, 0.6) is 11.5 Å². The van der Waals surface area contributed by atoms with Crippen LogP contribution in [0.25, 0.3) is 0 Å². The molecule has 2 rings (SSSR count). The van der Waals surface area contributed by atoms with Crippen molar-refractivity contribution in [1.82, 2.24) is 5.32 Å². The van der Waals surface area contributed by atoms with Gasteiger partial charge < -0.3 is 14.8 Å². The quantitative estimate of drug-likeness (QED) is 0.734. The van der Waals surface area contributed by atoms with E-state index in [1.54, 1.807) is 24.3 Å². The maximum Gasteiger partial charge on any atom is 0.261 e. The molecule has 1 amide bonds. The number of rotatable bonds is 8. The number of hydrogen-bond donors (Lipinski definition) is 1. The van der Waals surface area contributed by atoms with Crippen LogP contribution in [0, 0.1) is 6.92 Å². The molecule has 0 aromatic heterocycles. The van der Waals surface area contributed by atoms with E-state index in [9.17, 15) is 4.79 Å². The standard InChI is InChI=1S/C19H22ClNO3/c1-3-18(24-17-10-6-15(20)7-11-17)19(22)21-12-13-23-16-8-4-14(2)5-9-16/h4-11,18H,3,12-13H2,1-2H3,(H,21,22)/t18-/m1/s1. The summed E-state index contributed by atoms with van der Waals surface area (Å²) in [7, 11) is 0. The first-order chi connectivity index (χ1) is 11.6. The van der Waals surface area contributed by atoms with E-state index in [4.69, 9.17) is 21.1 Å². The largest absolute Gasteiger partial charge is 0.492 e. The van der Waals surface area contributed by atoms with Gasteiger partial charge in [-0.15, -0.1) is 0 Å². The van der Waals surface area contributed by atoms with Crippen molar-refractivity contribution in [3.05, 3.63) is 59.1 Å². The zero-order valence-corrected chi connectivity index (χ0v) is 14.7.